The highest BCUT2D eigenvalue weighted by atomic mass is 32.2. The van der Waals surface area contributed by atoms with Crippen LogP contribution in [0.15, 0.2) is 129 Å². The summed E-state index contributed by atoms with van der Waals surface area (Å²) in [7, 11) is -15.6. The van der Waals surface area contributed by atoms with Gasteiger partial charge in [0.25, 0.3) is 36.0 Å². The summed E-state index contributed by atoms with van der Waals surface area (Å²) in [6.45, 7) is 41.3. The molecular formula is C93H151NO16S4. The molecule has 17 nitrogen and oxygen atoms in total. The molecule has 5 aromatic carbocycles. The molecule has 0 heterocycles. The average Bonchev–Trinajstić information content (AvgIpc) is 0.766. The first-order valence-electron chi connectivity index (χ1n) is 42.7. The molecule has 0 bridgehead atoms. The molecule has 0 aliphatic heterocycles. The molecule has 648 valence electrons. The molecule has 0 saturated carbocycles. The number of hydrogen-bond donors (Lipinski definition) is 1. The lowest BCUT2D eigenvalue weighted by Crippen LogP contribution is -2.26. The van der Waals surface area contributed by atoms with Crippen molar-refractivity contribution in [1.82, 2.24) is 0 Å². The molecule has 0 saturated heterocycles. The number of unbranched alkanes of at least 4 members (excludes halogenated alkanes) is 29. The number of ether oxygens (including phenoxy) is 1. The Morgan fingerprint density at radius 3 is 1.13 bits per heavy atom. The number of nitro benzene ring substituents is 1. The van der Waals surface area contributed by atoms with E-state index in [1.807, 2.05) is 70.2 Å². The normalized spacial score (nSPS) is 12.5. The quantitative estimate of drug-likeness (QED) is 0.0165. The Labute approximate surface area is 693 Å². The predicted molar refractivity (Wildman–Crippen MR) is 472 cm³/mol. The lowest BCUT2D eigenvalue weighted by molar-refractivity contribution is -0.385. The second-order valence-electron chi connectivity index (χ2n) is 35.3. The van der Waals surface area contributed by atoms with Crippen LogP contribution in [0.5, 0.6) is 5.75 Å². The minimum absolute atomic E-state index is 0.0233. The van der Waals surface area contributed by atoms with Gasteiger partial charge >= 0.3 is 10.1 Å². The molecule has 0 spiro atoms. The number of rotatable bonds is 49. The van der Waals surface area contributed by atoms with Gasteiger partial charge in [-0.1, -0.05) is 315 Å². The largest absolute Gasteiger partial charge is 0.492 e. The SMILES string of the molecule is C=C(CO)c1ccc(OCCCCCCCCCCCCCCCC)c(S(=O)(=O)OC(C)(C)C)c1.CC(C)(C)OS(=O)(=O)c1ccc(-c2ccccc2)cc1.CC(C)c1cc(C(C)C)c(S(=O)(=O)OC(C)(C)C)c(C(C)C)c1.CCCCCCCCCCCCCCCCCCCc1ccc(S(=O)(=O)OC(C)(C)C)cc1[N+](=O)[O-]. The molecule has 0 unspecified atom stereocenters. The lowest BCUT2D eigenvalue weighted by Gasteiger charge is -2.25. The summed E-state index contributed by atoms with van der Waals surface area (Å²) in [4.78, 5) is 11.4. The van der Waals surface area contributed by atoms with Crippen molar-refractivity contribution in [1.29, 1.82) is 0 Å². The van der Waals surface area contributed by atoms with Crippen molar-refractivity contribution < 1.29 is 65.2 Å². The zero-order valence-electron chi connectivity index (χ0n) is 73.9. The summed E-state index contributed by atoms with van der Waals surface area (Å²) in [5, 5.41) is 20.9. The summed E-state index contributed by atoms with van der Waals surface area (Å²) in [5.74, 6) is 0.850. The van der Waals surface area contributed by atoms with Crippen molar-refractivity contribution in [3.63, 3.8) is 0 Å². The molecule has 0 aliphatic carbocycles. The van der Waals surface area contributed by atoms with Crippen molar-refractivity contribution in [3.05, 3.63) is 148 Å². The Balaban J connectivity index is 0.000000529. The van der Waals surface area contributed by atoms with Crippen LogP contribution in [0.2, 0.25) is 0 Å². The van der Waals surface area contributed by atoms with Gasteiger partial charge in [0, 0.05) is 11.6 Å². The maximum Gasteiger partial charge on any atom is 0.301 e. The maximum atomic E-state index is 13.0. The van der Waals surface area contributed by atoms with Crippen LogP contribution in [0.3, 0.4) is 0 Å². The number of nitrogens with zero attached hydrogens (tertiary/aromatic N) is 1. The van der Waals surface area contributed by atoms with Gasteiger partial charge in [0.05, 0.1) is 45.4 Å². The highest BCUT2D eigenvalue weighted by Crippen LogP contribution is 2.38. The van der Waals surface area contributed by atoms with Crippen LogP contribution in [0.25, 0.3) is 16.7 Å². The zero-order chi connectivity index (χ0) is 86.0. The Kier molecular flexibility index (Phi) is 48.3. The third-order valence-corrected chi connectivity index (χ3v) is 25.1. The summed E-state index contributed by atoms with van der Waals surface area (Å²) in [5.41, 5.74) is 3.06. The first-order chi connectivity index (χ1) is 53.2. The predicted octanol–water partition coefficient (Wildman–Crippen LogP) is 26.8. The van der Waals surface area contributed by atoms with Crippen LogP contribution >= 0.6 is 0 Å². The zero-order valence-corrected chi connectivity index (χ0v) is 77.2. The molecule has 0 aliphatic rings. The van der Waals surface area contributed by atoms with Gasteiger partial charge in [0.1, 0.15) is 20.4 Å². The summed E-state index contributed by atoms with van der Waals surface area (Å²) in [6, 6.07) is 29.5. The first-order valence-corrected chi connectivity index (χ1v) is 48.3. The van der Waals surface area contributed by atoms with Crippen LogP contribution in [-0.2, 0) is 63.6 Å². The third kappa shape index (κ3) is 43.9. The fourth-order valence-electron chi connectivity index (χ4n) is 12.9. The average molecular weight is 1670 g/mol. The van der Waals surface area contributed by atoms with Crippen LogP contribution in [0, 0.1) is 10.1 Å². The Bertz CT molecular complexity index is 4000. The molecule has 0 aromatic heterocycles. The van der Waals surface area contributed by atoms with Crippen molar-refractivity contribution >= 4 is 51.7 Å². The lowest BCUT2D eigenvalue weighted by atomic mass is 9.89. The van der Waals surface area contributed by atoms with E-state index in [1.165, 1.54) is 185 Å². The van der Waals surface area contributed by atoms with Crippen LogP contribution in [0.1, 0.15) is 383 Å². The minimum Gasteiger partial charge on any atom is -0.492 e. The molecule has 114 heavy (non-hydrogen) atoms. The van der Waals surface area contributed by atoms with E-state index in [9.17, 15) is 48.9 Å². The molecule has 0 amide bonds. The van der Waals surface area contributed by atoms with Crippen LogP contribution in [0.4, 0.5) is 5.69 Å². The van der Waals surface area contributed by atoms with Gasteiger partial charge in [0.15, 0.2) is 0 Å². The molecule has 5 rings (SSSR count). The maximum absolute atomic E-state index is 13.0. The van der Waals surface area contributed by atoms with Crippen molar-refractivity contribution in [2.45, 2.75) is 404 Å². The molecule has 0 fully saturated rings. The number of nitro groups is 1. The van der Waals surface area contributed by atoms with Gasteiger partial charge in [-0.3, -0.25) is 26.8 Å². The summed E-state index contributed by atoms with van der Waals surface area (Å²) in [6.07, 6.45) is 40.5. The number of aliphatic hydroxyl groups is 1. The van der Waals surface area contributed by atoms with Crippen LogP contribution < -0.4 is 4.74 Å². The van der Waals surface area contributed by atoms with E-state index in [0.29, 0.717) is 40.5 Å². The Morgan fingerprint density at radius 2 is 0.763 bits per heavy atom. The standard InChI is InChI=1S/C29H51NO5S.C29H50O5S.C19H32O3S.C16H18O3S/c1-5-6-7-8-9-10-11-12-13-14-15-16-17-18-19-20-21-22-26-23-24-27(25-28(26)30(31)32)36(33,34)35-29(2,3)4;1-6-7-8-9-10-11-12-13-14-15-16-17-18-19-22-33-27-21-20-26(25(2)24-30)23-28(27)35(31,32)34-29(3,4)5;1-12(2)15-10-16(13(3)4)18(17(11-15)14(5)6)23(20,21)22-19(7,8)9;1-16(2,3)19-20(17,18)15-11-9-14(10-12-15)13-7-5-4-6-8-13/h23-25H,5-22H2,1-4H3;20-21,23,30H,2,6-19,22,24H2,1,3-5H3;10-14H,1-9H3;4-12H,1-3H3. The Hall–Kier alpha value is -5.36. The van der Waals surface area contributed by atoms with Gasteiger partial charge in [-0.2, -0.15) is 33.7 Å². The molecule has 21 heteroatoms. The van der Waals surface area contributed by atoms with E-state index in [2.05, 4.69) is 34.3 Å². The number of hydrogen-bond acceptors (Lipinski definition) is 16. The first kappa shape index (κ1) is 105. The summed E-state index contributed by atoms with van der Waals surface area (Å²) >= 11 is 0. The van der Waals surface area contributed by atoms with E-state index < -0.39 is 67.8 Å². The smallest absolute Gasteiger partial charge is 0.301 e. The monoisotopic (exact) mass is 1670 g/mol. The number of aryl methyl sites for hydroxylation is 1. The molecular weight excluding hydrogens is 1520 g/mol. The van der Waals surface area contributed by atoms with Gasteiger partial charge in [-0.05, 0) is 189 Å². The molecule has 1 N–H and O–H groups in total. The van der Waals surface area contributed by atoms with E-state index >= 15 is 0 Å². The van der Waals surface area contributed by atoms with Gasteiger partial charge in [0.2, 0.25) is 0 Å². The van der Waals surface area contributed by atoms with E-state index in [4.69, 9.17) is 21.5 Å². The topological polar surface area (TPSA) is 246 Å². The minimum atomic E-state index is -4.05. The molecule has 5 aromatic rings. The summed E-state index contributed by atoms with van der Waals surface area (Å²) < 4.78 is 128. The second-order valence-corrected chi connectivity index (χ2v) is 41.4. The van der Waals surface area contributed by atoms with Crippen molar-refractivity contribution in [2.24, 2.45) is 0 Å². The highest BCUT2D eigenvalue weighted by molar-refractivity contribution is 7.87. The van der Waals surface area contributed by atoms with E-state index in [-0.39, 0.29) is 44.6 Å². The highest BCUT2D eigenvalue weighted by Gasteiger charge is 2.33. The fraction of sp³-hybridized carbons (Fsp3) is 0.656. The number of aliphatic hydroxyl groups excluding tert-OH is 1. The molecule has 0 radical (unpaired) electrons. The second kappa shape index (κ2) is 52.5. The Morgan fingerprint density at radius 1 is 0.412 bits per heavy atom. The third-order valence-electron chi connectivity index (χ3n) is 18.7. The van der Waals surface area contributed by atoms with Gasteiger partial charge in [-0.15, -0.1) is 0 Å². The fourth-order valence-corrected chi connectivity index (χ4v) is 18.6. The van der Waals surface area contributed by atoms with E-state index in [1.54, 1.807) is 126 Å². The number of benzene rings is 5. The van der Waals surface area contributed by atoms with Crippen molar-refractivity contribution in [3.8, 4) is 16.9 Å². The van der Waals surface area contributed by atoms with Crippen LogP contribution in [-0.4, -0.2) is 79.3 Å². The van der Waals surface area contributed by atoms with Crippen molar-refractivity contribution in [2.75, 3.05) is 13.2 Å². The molecule has 0 atom stereocenters. The van der Waals surface area contributed by atoms with Gasteiger partial charge < -0.3 is 9.84 Å². The van der Waals surface area contributed by atoms with E-state index in [0.717, 1.165) is 60.4 Å². The van der Waals surface area contributed by atoms with Gasteiger partial charge in [-0.25, -0.2) is 0 Å².